The number of benzene rings is 1. The van der Waals surface area contributed by atoms with Crippen LogP contribution in [0.25, 0.3) is 0 Å². The molecule has 84 valence electrons. The first-order valence-electron chi connectivity index (χ1n) is 4.72. The zero-order chi connectivity index (χ0) is 11.5. The van der Waals surface area contributed by atoms with E-state index in [2.05, 4.69) is 4.72 Å². The second kappa shape index (κ2) is 4.63. The quantitative estimate of drug-likeness (QED) is 0.807. The molecule has 1 rings (SSSR count). The molecule has 0 amide bonds. The molecule has 0 aliphatic rings. The summed E-state index contributed by atoms with van der Waals surface area (Å²) in [7, 11) is -3.30. The third-order valence-electron chi connectivity index (χ3n) is 2.05. The van der Waals surface area contributed by atoms with Gasteiger partial charge in [-0.3, -0.25) is 4.72 Å². The van der Waals surface area contributed by atoms with E-state index in [1.807, 2.05) is 32.0 Å². The average molecular weight is 228 g/mol. The second-order valence-corrected chi connectivity index (χ2v) is 5.37. The van der Waals surface area contributed by atoms with Crippen LogP contribution in [0.4, 0.5) is 5.69 Å². The van der Waals surface area contributed by atoms with Crippen LogP contribution < -0.4 is 10.5 Å². The van der Waals surface area contributed by atoms with Crippen molar-refractivity contribution in [1.82, 2.24) is 0 Å². The molecule has 0 radical (unpaired) electrons. The monoisotopic (exact) mass is 228 g/mol. The summed E-state index contributed by atoms with van der Waals surface area (Å²) >= 11 is 0. The molecular formula is C10H16N2O2S. The summed E-state index contributed by atoms with van der Waals surface area (Å²) in [5.41, 5.74) is 7.77. The van der Waals surface area contributed by atoms with E-state index in [-0.39, 0.29) is 12.3 Å². The van der Waals surface area contributed by atoms with Crippen molar-refractivity contribution in [2.24, 2.45) is 5.73 Å². The van der Waals surface area contributed by atoms with Crippen LogP contribution in [0.1, 0.15) is 11.1 Å². The smallest absolute Gasteiger partial charge is 0.233 e. The summed E-state index contributed by atoms with van der Waals surface area (Å²) in [5.74, 6) is -0.0552. The van der Waals surface area contributed by atoms with E-state index in [4.69, 9.17) is 5.73 Å². The number of nitrogens with one attached hydrogen (secondary N) is 1. The first-order valence-corrected chi connectivity index (χ1v) is 6.37. The molecule has 0 fully saturated rings. The van der Waals surface area contributed by atoms with Gasteiger partial charge in [0.25, 0.3) is 0 Å². The highest BCUT2D eigenvalue weighted by Gasteiger charge is 2.10. The predicted molar refractivity (Wildman–Crippen MR) is 62.4 cm³/mol. The third-order valence-corrected chi connectivity index (χ3v) is 3.35. The number of anilines is 1. The molecule has 15 heavy (non-hydrogen) atoms. The molecule has 3 N–H and O–H groups in total. The molecule has 5 heteroatoms. The maximum Gasteiger partial charge on any atom is 0.233 e. The predicted octanol–water partition coefficient (Wildman–Crippen LogP) is 1.00. The van der Waals surface area contributed by atoms with Crippen molar-refractivity contribution in [2.75, 3.05) is 17.0 Å². The zero-order valence-corrected chi connectivity index (χ0v) is 9.76. The molecule has 0 aliphatic heterocycles. The minimum Gasteiger partial charge on any atom is -0.329 e. The van der Waals surface area contributed by atoms with Gasteiger partial charge in [-0.25, -0.2) is 8.42 Å². The molecule has 0 saturated carbocycles. The molecular weight excluding hydrogens is 212 g/mol. The summed E-state index contributed by atoms with van der Waals surface area (Å²) in [6.07, 6.45) is 0. The van der Waals surface area contributed by atoms with E-state index >= 15 is 0 Å². The van der Waals surface area contributed by atoms with Crippen LogP contribution in [0.15, 0.2) is 18.2 Å². The highest BCUT2D eigenvalue weighted by molar-refractivity contribution is 7.92. The Labute approximate surface area is 90.5 Å². The number of nitrogens with two attached hydrogens (primary N) is 1. The number of hydrogen-bond donors (Lipinski definition) is 2. The van der Waals surface area contributed by atoms with Crippen molar-refractivity contribution in [3.8, 4) is 0 Å². The van der Waals surface area contributed by atoms with Crippen molar-refractivity contribution in [3.63, 3.8) is 0 Å². The Morgan fingerprint density at radius 2 is 2.00 bits per heavy atom. The molecule has 1 aromatic carbocycles. The Morgan fingerprint density at radius 1 is 1.33 bits per heavy atom. The van der Waals surface area contributed by atoms with Crippen LogP contribution in [-0.2, 0) is 10.0 Å². The van der Waals surface area contributed by atoms with Gasteiger partial charge >= 0.3 is 0 Å². The minimum absolute atomic E-state index is 0.0552. The van der Waals surface area contributed by atoms with Gasteiger partial charge in [0.05, 0.1) is 11.4 Å². The van der Waals surface area contributed by atoms with Crippen molar-refractivity contribution in [3.05, 3.63) is 29.3 Å². The van der Waals surface area contributed by atoms with Crippen LogP contribution >= 0.6 is 0 Å². The summed E-state index contributed by atoms with van der Waals surface area (Å²) in [5, 5.41) is 0. The topological polar surface area (TPSA) is 72.2 Å². The second-order valence-electron chi connectivity index (χ2n) is 3.53. The average Bonchev–Trinajstić information content (AvgIpc) is 2.10. The lowest BCUT2D eigenvalue weighted by Gasteiger charge is -2.10. The molecule has 0 aromatic heterocycles. The Balaban J connectivity index is 2.94. The maximum absolute atomic E-state index is 11.5. The Kier molecular flexibility index (Phi) is 3.71. The Morgan fingerprint density at radius 3 is 2.60 bits per heavy atom. The van der Waals surface area contributed by atoms with Crippen LogP contribution in [-0.4, -0.2) is 20.7 Å². The zero-order valence-electron chi connectivity index (χ0n) is 8.95. The van der Waals surface area contributed by atoms with Gasteiger partial charge < -0.3 is 5.73 Å². The molecule has 1 aromatic rings. The van der Waals surface area contributed by atoms with E-state index in [0.717, 1.165) is 11.1 Å². The van der Waals surface area contributed by atoms with Gasteiger partial charge in [0.1, 0.15) is 0 Å². The van der Waals surface area contributed by atoms with Gasteiger partial charge in [-0.15, -0.1) is 0 Å². The molecule has 4 nitrogen and oxygen atoms in total. The molecule has 0 bridgehead atoms. The third kappa shape index (κ3) is 3.53. The normalized spacial score (nSPS) is 11.4. The maximum atomic E-state index is 11.5. The van der Waals surface area contributed by atoms with Crippen LogP contribution in [0.3, 0.4) is 0 Å². The fourth-order valence-corrected chi connectivity index (χ4v) is 2.19. The SMILES string of the molecule is Cc1ccc(C)c(NS(=O)(=O)CCN)c1. The first kappa shape index (κ1) is 12.0. The van der Waals surface area contributed by atoms with Crippen LogP contribution in [0.2, 0.25) is 0 Å². The number of rotatable bonds is 4. The van der Waals surface area contributed by atoms with Crippen molar-refractivity contribution < 1.29 is 8.42 Å². The molecule has 0 saturated heterocycles. The van der Waals surface area contributed by atoms with E-state index in [9.17, 15) is 8.42 Å². The minimum atomic E-state index is -3.30. The van der Waals surface area contributed by atoms with E-state index in [1.54, 1.807) is 0 Å². The standard InChI is InChI=1S/C10H16N2O2S/c1-8-3-4-9(2)10(7-8)12-15(13,14)6-5-11/h3-4,7,12H,5-6,11H2,1-2H3. The Hall–Kier alpha value is -1.07. The highest BCUT2D eigenvalue weighted by atomic mass is 32.2. The van der Waals surface area contributed by atoms with Gasteiger partial charge in [0.2, 0.25) is 10.0 Å². The molecule has 0 atom stereocenters. The molecule has 0 unspecified atom stereocenters. The number of aryl methyl sites for hydroxylation is 2. The van der Waals surface area contributed by atoms with Gasteiger partial charge in [0, 0.05) is 6.54 Å². The van der Waals surface area contributed by atoms with Crippen LogP contribution in [0.5, 0.6) is 0 Å². The molecule has 0 aliphatic carbocycles. The van der Waals surface area contributed by atoms with Gasteiger partial charge in [-0.2, -0.15) is 0 Å². The summed E-state index contributed by atoms with van der Waals surface area (Å²) in [4.78, 5) is 0. The number of sulfonamides is 1. The van der Waals surface area contributed by atoms with E-state index in [0.29, 0.717) is 5.69 Å². The van der Waals surface area contributed by atoms with Crippen molar-refractivity contribution in [1.29, 1.82) is 0 Å². The summed E-state index contributed by atoms with van der Waals surface area (Å²) < 4.78 is 25.5. The lowest BCUT2D eigenvalue weighted by molar-refractivity contribution is 0.601. The lowest BCUT2D eigenvalue weighted by Crippen LogP contribution is -2.22. The fraction of sp³-hybridized carbons (Fsp3) is 0.400. The first-order chi connectivity index (χ1) is 6.94. The highest BCUT2D eigenvalue weighted by Crippen LogP contribution is 2.17. The van der Waals surface area contributed by atoms with E-state index < -0.39 is 10.0 Å². The fourth-order valence-electron chi connectivity index (χ4n) is 1.22. The van der Waals surface area contributed by atoms with Crippen molar-refractivity contribution >= 4 is 15.7 Å². The van der Waals surface area contributed by atoms with Gasteiger partial charge in [-0.05, 0) is 31.0 Å². The van der Waals surface area contributed by atoms with Gasteiger partial charge in [0.15, 0.2) is 0 Å². The molecule has 0 heterocycles. The van der Waals surface area contributed by atoms with E-state index in [1.165, 1.54) is 0 Å². The lowest BCUT2D eigenvalue weighted by atomic mass is 10.1. The largest absolute Gasteiger partial charge is 0.329 e. The molecule has 0 spiro atoms. The summed E-state index contributed by atoms with van der Waals surface area (Å²) in [6, 6.07) is 5.63. The van der Waals surface area contributed by atoms with Crippen LogP contribution in [0, 0.1) is 13.8 Å². The summed E-state index contributed by atoms with van der Waals surface area (Å²) in [6.45, 7) is 3.90. The number of hydrogen-bond acceptors (Lipinski definition) is 3. The van der Waals surface area contributed by atoms with Crippen molar-refractivity contribution in [2.45, 2.75) is 13.8 Å². The Bertz CT molecular complexity index is 441. The van der Waals surface area contributed by atoms with Gasteiger partial charge in [-0.1, -0.05) is 12.1 Å².